The van der Waals surface area contributed by atoms with Gasteiger partial charge in [-0.2, -0.15) is 0 Å². The third-order valence-electron chi connectivity index (χ3n) is 2.59. The number of fused-ring (bicyclic) bond motifs is 1. The summed E-state index contributed by atoms with van der Waals surface area (Å²) in [5.41, 5.74) is 1.19. The molecular weight excluding hydrogens is 252 g/mol. The Morgan fingerprint density at radius 2 is 2.17 bits per heavy atom. The van der Waals surface area contributed by atoms with Crippen molar-refractivity contribution in [2.24, 2.45) is 0 Å². The number of hydrogen-bond acceptors (Lipinski definition) is 2. The van der Waals surface area contributed by atoms with Crippen LogP contribution in [0.2, 0.25) is 5.02 Å². The predicted octanol–water partition coefficient (Wildman–Crippen LogP) is 2.97. The normalized spacial score (nSPS) is 10.9. The second-order valence-electron chi connectivity index (χ2n) is 4.35. The van der Waals surface area contributed by atoms with E-state index in [-0.39, 0.29) is 11.9 Å². The van der Waals surface area contributed by atoms with Crippen molar-refractivity contribution >= 4 is 28.4 Å². The maximum atomic E-state index is 11.9. The van der Waals surface area contributed by atoms with Crippen molar-refractivity contribution in [2.75, 3.05) is 7.11 Å². The van der Waals surface area contributed by atoms with Crippen LogP contribution in [-0.2, 0) is 0 Å². The highest BCUT2D eigenvalue weighted by molar-refractivity contribution is 6.35. The van der Waals surface area contributed by atoms with Crippen LogP contribution in [-0.4, -0.2) is 24.0 Å². The van der Waals surface area contributed by atoms with Crippen LogP contribution in [0.5, 0.6) is 5.75 Å². The van der Waals surface area contributed by atoms with E-state index in [0.717, 1.165) is 5.39 Å². The summed E-state index contributed by atoms with van der Waals surface area (Å²) >= 11 is 6.09. The first-order valence-electron chi connectivity index (χ1n) is 5.69. The van der Waals surface area contributed by atoms with E-state index in [0.29, 0.717) is 22.0 Å². The first kappa shape index (κ1) is 12.8. The maximum absolute atomic E-state index is 11.9. The van der Waals surface area contributed by atoms with Crippen LogP contribution >= 0.6 is 11.6 Å². The minimum atomic E-state index is -0.153. The first-order valence-corrected chi connectivity index (χ1v) is 6.06. The van der Waals surface area contributed by atoms with Crippen LogP contribution < -0.4 is 10.1 Å². The SMILES string of the molecule is COc1ccc(Cl)c2[nH]c(C(=O)NC(C)C)cc12. The van der Waals surface area contributed by atoms with E-state index in [1.165, 1.54) is 0 Å². The molecule has 0 spiro atoms. The van der Waals surface area contributed by atoms with Gasteiger partial charge in [0.1, 0.15) is 11.4 Å². The Bertz CT molecular complexity index is 590. The summed E-state index contributed by atoms with van der Waals surface area (Å²) in [6.45, 7) is 3.82. The summed E-state index contributed by atoms with van der Waals surface area (Å²) < 4.78 is 5.25. The van der Waals surface area contributed by atoms with Crippen LogP contribution in [0, 0.1) is 0 Å². The Labute approximate surface area is 110 Å². The summed E-state index contributed by atoms with van der Waals surface area (Å²) in [5, 5.41) is 4.19. The molecule has 0 bridgehead atoms. The molecule has 1 aromatic heterocycles. The molecule has 0 atom stereocenters. The van der Waals surface area contributed by atoms with E-state index in [9.17, 15) is 4.79 Å². The molecule has 1 amide bonds. The molecule has 5 heteroatoms. The fraction of sp³-hybridized carbons (Fsp3) is 0.308. The Hall–Kier alpha value is -1.68. The van der Waals surface area contributed by atoms with Gasteiger partial charge in [0.15, 0.2) is 0 Å². The number of aromatic nitrogens is 1. The molecule has 0 radical (unpaired) electrons. The molecule has 0 saturated carbocycles. The molecule has 2 aromatic rings. The Balaban J connectivity index is 2.49. The van der Waals surface area contributed by atoms with Gasteiger partial charge in [-0.25, -0.2) is 0 Å². The number of hydrogen-bond donors (Lipinski definition) is 2. The molecule has 0 aliphatic heterocycles. The van der Waals surface area contributed by atoms with Crippen molar-refractivity contribution in [2.45, 2.75) is 19.9 Å². The average Bonchev–Trinajstić information content (AvgIpc) is 2.74. The van der Waals surface area contributed by atoms with E-state index in [2.05, 4.69) is 10.3 Å². The van der Waals surface area contributed by atoms with Gasteiger partial charge in [-0.05, 0) is 32.0 Å². The molecule has 18 heavy (non-hydrogen) atoms. The van der Waals surface area contributed by atoms with Crippen LogP contribution in [0.1, 0.15) is 24.3 Å². The molecule has 0 unspecified atom stereocenters. The molecule has 2 rings (SSSR count). The number of carbonyl (C=O) groups excluding carboxylic acids is 1. The fourth-order valence-electron chi connectivity index (χ4n) is 1.80. The molecule has 1 aromatic carbocycles. The highest BCUT2D eigenvalue weighted by Gasteiger charge is 2.14. The minimum absolute atomic E-state index is 0.0845. The predicted molar refractivity (Wildman–Crippen MR) is 72.5 cm³/mol. The number of H-pyrrole nitrogens is 1. The number of nitrogens with one attached hydrogen (secondary N) is 2. The van der Waals surface area contributed by atoms with Crippen molar-refractivity contribution in [1.29, 1.82) is 0 Å². The quantitative estimate of drug-likeness (QED) is 0.897. The summed E-state index contributed by atoms with van der Waals surface area (Å²) in [6.07, 6.45) is 0. The largest absolute Gasteiger partial charge is 0.496 e. The zero-order valence-corrected chi connectivity index (χ0v) is 11.3. The van der Waals surface area contributed by atoms with Crippen LogP contribution in [0.25, 0.3) is 10.9 Å². The lowest BCUT2D eigenvalue weighted by Gasteiger charge is -2.05. The third kappa shape index (κ3) is 2.29. The smallest absolute Gasteiger partial charge is 0.267 e. The summed E-state index contributed by atoms with van der Waals surface area (Å²) in [6, 6.07) is 5.35. The molecule has 1 heterocycles. The molecule has 0 fully saturated rings. The van der Waals surface area contributed by atoms with Crippen molar-refractivity contribution in [1.82, 2.24) is 10.3 Å². The lowest BCUT2D eigenvalue weighted by molar-refractivity contribution is 0.0939. The number of methoxy groups -OCH3 is 1. The van der Waals surface area contributed by atoms with Crippen LogP contribution in [0.4, 0.5) is 0 Å². The van der Waals surface area contributed by atoms with E-state index in [4.69, 9.17) is 16.3 Å². The summed E-state index contributed by atoms with van der Waals surface area (Å²) in [5.74, 6) is 0.536. The fourth-order valence-corrected chi connectivity index (χ4v) is 2.01. The number of benzene rings is 1. The van der Waals surface area contributed by atoms with Gasteiger partial charge < -0.3 is 15.0 Å². The van der Waals surface area contributed by atoms with Crippen LogP contribution in [0.3, 0.4) is 0 Å². The monoisotopic (exact) mass is 266 g/mol. The number of carbonyl (C=O) groups is 1. The molecule has 96 valence electrons. The molecular formula is C13H15ClN2O2. The van der Waals surface area contributed by atoms with Gasteiger partial charge in [0.05, 0.1) is 17.6 Å². The number of aromatic amines is 1. The number of ether oxygens (including phenoxy) is 1. The highest BCUT2D eigenvalue weighted by atomic mass is 35.5. The van der Waals surface area contributed by atoms with E-state index in [1.807, 2.05) is 13.8 Å². The average molecular weight is 267 g/mol. The second-order valence-corrected chi connectivity index (χ2v) is 4.76. The maximum Gasteiger partial charge on any atom is 0.267 e. The minimum Gasteiger partial charge on any atom is -0.496 e. The molecule has 0 aliphatic carbocycles. The van der Waals surface area contributed by atoms with Gasteiger partial charge in [0, 0.05) is 11.4 Å². The summed E-state index contributed by atoms with van der Waals surface area (Å²) in [4.78, 5) is 14.9. The van der Waals surface area contributed by atoms with Gasteiger partial charge in [-0.1, -0.05) is 11.6 Å². The van der Waals surface area contributed by atoms with Crippen molar-refractivity contribution < 1.29 is 9.53 Å². The van der Waals surface area contributed by atoms with Gasteiger partial charge >= 0.3 is 0 Å². The van der Waals surface area contributed by atoms with Gasteiger partial charge in [-0.15, -0.1) is 0 Å². The zero-order valence-electron chi connectivity index (χ0n) is 10.5. The lowest BCUT2D eigenvalue weighted by Crippen LogP contribution is -2.30. The number of halogens is 1. The van der Waals surface area contributed by atoms with Gasteiger partial charge in [0.2, 0.25) is 0 Å². The van der Waals surface area contributed by atoms with Gasteiger partial charge in [-0.3, -0.25) is 4.79 Å². The summed E-state index contributed by atoms with van der Waals surface area (Å²) in [7, 11) is 1.59. The molecule has 0 aliphatic rings. The number of rotatable bonds is 3. The van der Waals surface area contributed by atoms with E-state index in [1.54, 1.807) is 25.3 Å². The number of amides is 1. The first-order chi connectivity index (χ1) is 8.52. The van der Waals surface area contributed by atoms with Crippen LogP contribution in [0.15, 0.2) is 18.2 Å². The molecule has 4 nitrogen and oxygen atoms in total. The Morgan fingerprint density at radius 1 is 1.44 bits per heavy atom. The molecule has 2 N–H and O–H groups in total. The molecule has 0 saturated heterocycles. The topological polar surface area (TPSA) is 54.1 Å². The van der Waals surface area contributed by atoms with Crippen molar-refractivity contribution in [3.63, 3.8) is 0 Å². The van der Waals surface area contributed by atoms with Crippen molar-refractivity contribution in [3.8, 4) is 5.75 Å². The lowest BCUT2D eigenvalue weighted by atomic mass is 10.2. The second kappa shape index (κ2) is 4.90. The van der Waals surface area contributed by atoms with E-state index < -0.39 is 0 Å². The van der Waals surface area contributed by atoms with E-state index >= 15 is 0 Å². The Morgan fingerprint density at radius 3 is 2.78 bits per heavy atom. The van der Waals surface area contributed by atoms with Crippen molar-refractivity contribution in [3.05, 3.63) is 28.9 Å². The zero-order chi connectivity index (χ0) is 13.3. The standard InChI is InChI=1S/C13H15ClN2O2/c1-7(2)15-13(17)10-6-8-11(18-3)5-4-9(14)12(8)16-10/h4-7,16H,1-3H3,(H,15,17). The third-order valence-corrected chi connectivity index (χ3v) is 2.90. The Kier molecular flexibility index (Phi) is 3.48. The van der Waals surface area contributed by atoms with Gasteiger partial charge in [0.25, 0.3) is 5.91 Å². The highest BCUT2D eigenvalue weighted by Crippen LogP contribution is 2.31.